The predicted molar refractivity (Wildman–Crippen MR) is 74.2 cm³/mol. The number of aromatic nitrogens is 1. The molecule has 0 aromatic carbocycles. The minimum Gasteiger partial charge on any atom is -0.316 e. The number of sulfonamides is 1. The van der Waals surface area contributed by atoms with Crippen LogP contribution in [0.3, 0.4) is 0 Å². The maximum atomic E-state index is 13.2. The molecule has 2 atom stereocenters. The Morgan fingerprint density at radius 3 is 2.85 bits per heavy atom. The molecule has 5 nitrogen and oxygen atoms in total. The minimum absolute atomic E-state index is 0.0478. The van der Waals surface area contributed by atoms with Gasteiger partial charge in [-0.25, -0.2) is 12.8 Å². The number of halogens is 1. The molecule has 0 spiro atoms. The van der Waals surface area contributed by atoms with Crippen molar-refractivity contribution in [3.8, 4) is 0 Å². The summed E-state index contributed by atoms with van der Waals surface area (Å²) in [5.74, 6) is -0.638. The molecule has 1 aromatic rings. The normalized spacial score (nSPS) is 22.6. The van der Waals surface area contributed by atoms with Crippen LogP contribution in [0.25, 0.3) is 0 Å². The van der Waals surface area contributed by atoms with Gasteiger partial charge >= 0.3 is 0 Å². The first-order chi connectivity index (χ1) is 9.46. The van der Waals surface area contributed by atoms with E-state index in [1.54, 1.807) is 0 Å². The number of piperidine rings is 1. The Bertz CT molecular complexity index is 564. The zero-order valence-electron chi connectivity index (χ0n) is 11.7. The third-order valence-electron chi connectivity index (χ3n) is 3.82. The molecular weight excluding hydrogens is 281 g/mol. The largest absolute Gasteiger partial charge is 0.316 e. The van der Waals surface area contributed by atoms with Gasteiger partial charge in [-0.3, -0.25) is 4.98 Å². The zero-order valence-corrected chi connectivity index (χ0v) is 12.5. The van der Waals surface area contributed by atoms with E-state index in [1.807, 2.05) is 14.0 Å². The molecular formula is C13H20FN3O2S. The number of hydrogen-bond donors (Lipinski definition) is 1. The molecule has 1 fully saturated rings. The molecule has 0 amide bonds. The summed E-state index contributed by atoms with van der Waals surface area (Å²) in [4.78, 5) is 3.56. The Hall–Kier alpha value is -1.05. The van der Waals surface area contributed by atoms with Crippen LogP contribution < -0.4 is 5.32 Å². The number of nitrogens with zero attached hydrogens (tertiary/aromatic N) is 2. The number of likely N-dealkylation sites (N-methyl/N-ethyl adjacent to an activating group) is 1. The lowest BCUT2D eigenvalue weighted by Gasteiger charge is -2.38. The van der Waals surface area contributed by atoms with Gasteiger partial charge < -0.3 is 5.32 Å². The molecule has 1 N–H and O–H groups in total. The topological polar surface area (TPSA) is 62.3 Å². The Kier molecular flexibility index (Phi) is 4.72. The fraction of sp³-hybridized carbons (Fsp3) is 0.615. The highest BCUT2D eigenvalue weighted by Crippen LogP contribution is 2.27. The van der Waals surface area contributed by atoms with Gasteiger partial charge in [0.2, 0.25) is 10.0 Å². The van der Waals surface area contributed by atoms with Crippen molar-refractivity contribution in [3.05, 3.63) is 24.3 Å². The van der Waals surface area contributed by atoms with Crippen molar-refractivity contribution in [1.82, 2.24) is 14.6 Å². The summed E-state index contributed by atoms with van der Waals surface area (Å²) in [6.45, 7) is 2.43. The molecule has 7 heteroatoms. The van der Waals surface area contributed by atoms with E-state index in [4.69, 9.17) is 0 Å². The Labute approximate surface area is 119 Å². The van der Waals surface area contributed by atoms with Gasteiger partial charge in [-0.15, -0.1) is 0 Å². The molecule has 2 rings (SSSR count). The van der Waals surface area contributed by atoms with Crippen molar-refractivity contribution >= 4 is 10.0 Å². The van der Waals surface area contributed by atoms with E-state index in [2.05, 4.69) is 10.3 Å². The molecule has 112 valence electrons. The molecule has 1 saturated heterocycles. The van der Waals surface area contributed by atoms with Crippen molar-refractivity contribution in [2.24, 2.45) is 0 Å². The Balaban J connectivity index is 2.35. The lowest BCUT2D eigenvalue weighted by Crippen LogP contribution is -2.52. The highest BCUT2D eigenvalue weighted by atomic mass is 32.2. The fourth-order valence-electron chi connectivity index (χ4n) is 2.59. The summed E-state index contributed by atoms with van der Waals surface area (Å²) in [6.07, 6.45) is 4.85. The second kappa shape index (κ2) is 6.15. The molecule has 0 bridgehead atoms. The van der Waals surface area contributed by atoms with Crippen LogP contribution in [0.5, 0.6) is 0 Å². The second-order valence-electron chi connectivity index (χ2n) is 5.10. The standard InChI is InChI=1S/C13H20FN3O2S/c1-10(15-2)13-5-3-4-6-17(13)20(18,19)12-7-11(14)8-16-9-12/h7-10,13,15H,3-6H2,1-2H3. The molecule has 2 heterocycles. The molecule has 0 aliphatic carbocycles. The number of nitrogens with one attached hydrogen (secondary N) is 1. The van der Waals surface area contributed by atoms with Crippen LogP contribution in [0, 0.1) is 5.82 Å². The zero-order chi connectivity index (χ0) is 14.8. The maximum absolute atomic E-state index is 13.2. The van der Waals surface area contributed by atoms with Crippen molar-refractivity contribution in [1.29, 1.82) is 0 Å². The van der Waals surface area contributed by atoms with Crippen molar-refractivity contribution in [2.45, 2.75) is 43.2 Å². The molecule has 2 unspecified atom stereocenters. The highest BCUT2D eigenvalue weighted by molar-refractivity contribution is 7.89. The highest BCUT2D eigenvalue weighted by Gasteiger charge is 2.36. The van der Waals surface area contributed by atoms with Crippen LogP contribution in [0.15, 0.2) is 23.4 Å². The van der Waals surface area contributed by atoms with Crippen molar-refractivity contribution in [2.75, 3.05) is 13.6 Å². The average Bonchev–Trinajstić information content (AvgIpc) is 2.46. The van der Waals surface area contributed by atoms with Gasteiger partial charge in [0, 0.05) is 24.8 Å². The van der Waals surface area contributed by atoms with E-state index in [0.717, 1.165) is 31.5 Å². The number of pyridine rings is 1. The van der Waals surface area contributed by atoms with Gasteiger partial charge in [-0.2, -0.15) is 4.31 Å². The molecule has 20 heavy (non-hydrogen) atoms. The molecule has 1 aliphatic rings. The summed E-state index contributed by atoms with van der Waals surface area (Å²) >= 11 is 0. The molecule has 1 aliphatic heterocycles. The molecule has 0 radical (unpaired) electrons. The van der Waals surface area contributed by atoms with E-state index < -0.39 is 15.8 Å². The summed E-state index contributed by atoms with van der Waals surface area (Å²) in [6, 6.07) is 0.964. The second-order valence-corrected chi connectivity index (χ2v) is 6.99. The van der Waals surface area contributed by atoms with Crippen molar-refractivity contribution in [3.63, 3.8) is 0 Å². The van der Waals surface area contributed by atoms with Gasteiger partial charge in [0.25, 0.3) is 0 Å². The third kappa shape index (κ3) is 2.99. The monoisotopic (exact) mass is 301 g/mol. The van der Waals surface area contributed by atoms with Crippen LogP contribution in [0.4, 0.5) is 4.39 Å². The first kappa shape index (κ1) is 15.3. The van der Waals surface area contributed by atoms with Crippen molar-refractivity contribution < 1.29 is 12.8 Å². The smallest absolute Gasteiger partial charge is 0.245 e. The van der Waals surface area contributed by atoms with E-state index in [-0.39, 0.29) is 17.0 Å². The Morgan fingerprint density at radius 1 is 1.45 bits per heavy atom. The number of rotatable bonds is 4. The summed E-state index contributed by atoms with van der Waals surface area (Å²) < 4.78 is 40.0. The van der Waals surface area contributed by atoms with E-state index >= 15 is 0 Å². The van der Waals surface area contributed by atoms with Crippen LogP contribution in [-0.2, 0) is 10.0 Å². The average molecular weight is 301 g/mol. The van der Waals surface area contributed by atoms with Crippen LogP contribution in [0.1, 0.15) is 26.2 Å². The SMILES string of the molecule is CNC(C)C1CCCCN1S(=O)(=O)c1cncc(F)c1. The Morgan fingerprint density at radius 2 is 2.20 bits per heavy atom. The van der Waals surface area contributed by atoms with E-state index in [1.165, 1.54) is 10.5 Å². The molecule has 0 saturated carbocycles. The van der Waals surface area contributed by atoms with E-state index in [9.17, 15) is 12.8 Å². The number of hydrogen-bond acceptors (Lipinski definition) is 4. The van der Waals surface area contributed by atoms with Crippen LogP contribution in [0.2, 0.25) is 0 Å². The predicted octanol–water partition coefficient (Wildman–Crippen LogP) is 1.37. The van der Waals surface area contributed by atoms with Gasteiger partial charge in [-0.1, -0.05) is 6.42 Å². The first-order valence-corrected chi connectivity index (χ1v) is 8.20. The molecule has 1 aromatic heterocycles. The van der Waals surface area contributed by atoms with Crippen LogP contribution in [-0.4, -0.2) is 43.4 Å². The lowest BCUT2D eigenvalue weighted by molar-refractivity contribution is 0.213. The summed E-state index contributed by atoms with van der Waals surface area (Å²) in [5.41, 5.74) is 0. The lowest BCUT2D eigenvalue weighted by atomic mass is 9.99. The summed E-state index contributed by atoms with van der Waals surface area (Å²) in [7, 11) is -1.88. The van der Waals surface area contributed by atoms with Gasteiger partial charge in [0.1, 0.15) is 10.7 Å². The van der Waals surface area contributed by atoms with Gasteiger partial charge in [0.15, 0.2) is 0 Å². The quantitative estimate of drug-likeness (QED) is 0.912. The minimum atomic E-state index is -3.70. The maximum Gasteiger partial charge on any atom is 0.245 e. The van der Waals surface area contributed by atoms with E-state index in [0.29, 0.717) is 6.54 Å². The first-order valence-electron chi connectivity index (χ1n) is 6.76. The van der Waals surface area contributed by atoms with Gasteiger partial charge in [-0.05, 0) is 32.9 Å². The fourth-order valence-corrected chi connectivity index (χ4v) is 4.33. The van der Waals surface area contributed by atoms with Crippen LogP contribution >= 0.6 is 0 Å². The van der Waals surface area contributed by atoms with Gasteiger partial charge in [0.05, 0.1) is 6.20 Å². The summed E-state index contributed by atoms with van der Waals surface area (Å²) in [5, 5.41) is 3.10. The third-order valence-corrected chi connectivity index (χ3v) is 5.71.